The molecule has 0 aromatic rings. The Morgan fingerprint density at radius 3 is 1.73 bits per heavy atom. The van der Waals surface area contributed by atoms with Gasteiger partial charge in [0.1, 0.15) is 0 Å². The first-order valence-electron chi connectivity index (χ1n) is 6.22. The molecule has 0 unspecified atom stereocenters. The molecule has 0 amide bonds. The van der Waals surface area contributed by atoms with Crippen LogP contribution in [0, 0.1) is 24.2 Å². The van der Waals surface area contributed by atoms with Crippen LogP contribution in [0.4, 0.5) is 0 Å². The van der Waals surface area contributed by atoms with Crippen molar-refractivity contribution in [1.29, 1.82) is 0 Å². The van der Waals surface area contributed by atoms with Gasteiger partial charge in [0, 0.05) is 13.0 Å². The number of rotatable bonds is 8. The van der Waals surface area contributed by atoms with Crippen molar-refractivity contribution in [2.45, 2.75) is 47.0 Å². The molecule has 0 aliphatic carbocycles. The summed E-state index contributed by atoms with van der Waals surface area (Å²) < 4.78 is 0. The molecule has 0 spiro atoms. The van der Waals surface area contributed by atoms with Crippen molar-refractivity contribution in [3.05, 3.63) is 0 Å². The summed E-state index contributed by atoms with van der Waals surface area (Å²) in [7, 11) is 0. The van der Waals surface area contributed by atoms with E-state index in [1.807, 2.05) is 0 Å². The summed E-state index contributed by atoms with van der Waals surface area (Å²) in [5, 5.41) is 0. The van der Waals surface area contributed by atoms with E-state index in [0.717, 1.165) is 24.8 Å². The van der Waals surface area contributed by atoms with Crippen LogP contribution in [0.3, 0.4) is 0 Å². The van der Waals surface area contributed by atoms with Gasteiger partial charge in [-0.05, 0) is 37.8 Å². The van der Waals surface area contributed by atoms with Gasteiger partial charge >= 0.3 is 0 Å². The van der Waals surface area contributed by atoms with Gasteiger partial charge in [0.2, 0.25) is 0 Å². The van der Waals surface area contributed by atoms with E-state index in [9.17, 15) is 0 Å². The van der Waals surface area contributed by atoms with Crippen LogP contribution in [0.1, 0.15) is 47.0 Å². The quantitative estimate of drug-likeness (QED) is 0.554. The Hall–Kier alpha value is -0.480. The number of hydrogen-bond donors (Lipinski definition) is 0. The molecule has 0 saturated carbocycles. The van der Waals surface area contributed by atoms with E-state index in [4.69, 9.17) is 6.42 Å². The Kier molecular flexibility index (Phi) is 8.52. The Bertz CT molecular complexity index is 164. The van der Waals surface area contributed by atoms with Gasteiger partial charge in [-0.25, -0.2) is 0 Å². The maximum absolute atomic E-state index is 5.31. The first-order valence-corrected chi connectivity index (χ1v) is 6.22. The van der Waals surface area contributed by atoms with E-state index in [1.54, 1.807) is 0 Å². The van der Waals surface area contributed by atoms with Gasteiger partial charge in [0.25, 0.3) is 0 Å². The average Bonchev–Trinajstić information content (AvgIpc) is 2.16. The molecule has 15 heavy (non-hydrogen) atoms. The number of nitrogens with zero attached hydrogens (tertiary/aromatic N) is 1. The molecular formula is C14H27N. The van der Waals surface area contributed by atoms with Gasteiger partial charge in [0.15, 0.2) is 0 Å². The fourth-order valence-electron chi connectivity index (χ4n) is 1.44. The molecule has 0 rings (SSSR count). The van der Waals surface area contributed by atoms with E-state index in [2.05, 4.69) is 38.5 Å². The summed E-state index contributed by atoms with van der Waals surface area (Å²) in [5.74, 6) is 4.31. The van der Waals surface area contributed by atoms with Gasteiger partial charge in [-0.3, -0.25) is 0 Å². The standard InChI is InChI=1S/C14H27N/c1-6-7-10-15(11-8-13(2)3)12-9-14(4)5/h1,13-14H,7-12H2,2-5H3. The van der Waals surface area contributed by atoms with Crippen LogP contribution in [-0.2, 0) is 0 Å². The van der Waals surface area contributed by atoms with Crippen molar-refractivity contribution in [3.8, 4) is 12.3 Å². The van der Waals surface area contributed by atoms with Crippen molar-refractivity contribution < 1.29 is 0 Å². The minimum Gasteiger partial charge on any atom is -0.302 e. The number of hydrogen-bond acceptors (Lipinski definition) is 1. The minimum atomic E-state index is 0.789. The molecule has 0 heterocycles. The molecule has 0 aromatic carbocycles. The lowest BCUT2D eigenvalue weighted by atomic mass is 10.1. The molecule has 1 nitrogen and oxygen atoms in total. The van der Waals surface area contributed by atoms with Crippen molar-refractivity contribution >= 4 is 0 Å². The SMILES string of the molecule is C#CCCN(CCC(C)C)CCC(C)C. The van der Waals surface area contributed by atoms with Crippen LogP contribution in [0.25, 0.3) is 0 Å². The number of terminal acetylenes is 1. The van der Waals surface area contributed by atoms with Gasteiger partial charge in [-0.1, -0.05) is 27.7 Å². The molecule has 1 heteroatoms. The lowest BCUT2D eigenvalue weighted by molar-refractivity contribution is 0.248. The molecule has 0 aromatic heterocycles. The van der Waals surface area contributed by atoms with E-state index < -0.39 is 0 Å². The third kappa shape index (κ3) is 9.82. The molecule has 0 N–H and O–H groups in total. The van der Waals surface area contributed by atoms with Crippen molar-refractivity contribution in [1.82, 2.24) is 4.90 Å². The van der Waals surface area contributed by atoms with E-state index in [0.29, 0.717) is 0 Å². The summed E-state index contributed by atoms with van der Waals surface area (Å²) in [6, 6.07) is 0. The molecule has 0 radical (unpaired) electrons. The lowest BCUT2D eigenvalue weighted by Crippen LogP contribution is -2.28. The van der Waals surface area contributed by atoms with Crippen LogP contribution >= 0.6 is 0 Å². The zero-order valence-electron chi connectivity index (χ0n) is 10.9. The summed E-state index contributed by atoms with van der Waals surface area (Å²) >= 11 is 0. The second-order valence-corrected chi connectivity index (χ2v) is 5.16. The Balaban J connectivity index is 3.79. The van der Waals surface area contributed by atoms with Crippen molar-refractivity contribution in [3.63, 3.8) is 0 Å². The summed E-state index contributed by atoms with van der Waals surface area (Å²) in [6.07, 6.45) is 8.76. The van der Waals surface area contributed by atoms with Gasteiger partial charge in [-0.15, -0.1) is 12.3 Å². The largest absolute Gasteiger partial charge is 0.302 e. The molecule has 0 fully saturated rings. The van der Waals surface area contributed by atoms with Gasteiger partial charge < -0.3 is 4.90 Å². The lowest BCUT2D eigenvalue weighted by Gasteiger charge is -2.23. The predicted molar refractivity (Wildman–Crippen MR) is 68.8 cm³/mol. The average molecular weight is 209 g/mol. The highest BCUT2D eigenvalue weighted by atomic mass is 15.1. The molecule has 0 bridgehead atoms. The summed E-state index contributed by atoms with van der Waals surface area (Å²) in [6.45, 7) is 12.6. The fourth-order valence-corrected chi connectivity index (χ4v) is 1.44. The summed E-state index contributed by atoms with van der Waals surface area (Å²) in [4.78, 5) is 2.51. The van der Waals surface area contributed by atoms with E-state index in [-0.39, 0.29) is 0 Å². The summed E-state index contributed by atoms with van der Waals surface area (Å²) in [5.41, 5.74) is 0. The second kappa shape index (κ2) is 8.80. The first kappa shape index (κ1) is 14.5. The highest BCUT2D eigenvalue weighted by Crippen LogP contribution is 2.06. The van der Waals surface area contributed by atoms with Crippen LogP contribution in [0.5, 0.6) is 0 Å². The van der Waals surface area contributed by atoms with Crippen LogP contribution < -0.4 is 0 Å². The van der Waals surface area contributed by atoms with Crippen molar-refractivity contribution in [2.75, 3.05) is 19.6 Å². The van der Waals surface area contributed by atoms with Gasteiger partial charge in [0.05, 0.1) is 0 Å². The van der Waals surface area contributed by atoms with Crippen LogP contribution in [0.15, 0.2) is 0 Å². The molecule has 0 atom stereocenters. The molecule has 0 aliphatic rings. The zero-order valence-corrected chi connectivity index (χ0v) is 10.9. The normalized spacial score (nSPS) is 11.3. The molecule has 0 saturated heterocycles. The Morgan fingerprint density at radius 1 is 0.933 bits per heavy atom. The smallest absolute Gasteiger partial charge is 0.0214 e. The maximum atomic E-state index is 5.31. The predicted octanol–water partition coefficient (Wildman–Crippen LogP) is 3.40. The fraction of sp³-hybridized carbons (Fsp3) is 0.857. The van der Waals surface area contributed by atoms with Crippen LogP contribution in [0.2, 0.25) is 0 Å². The highest BCUT2D eigenvalue weighted by molar-refractivity contribution is 4.84. The minimum absolute atomic E-state index is 0.789. The molecule has 88 valence electrons. The van der Waals surface area contributed by atoms with Gasteiger partial charge in [-0.2, -0.15) is 0 Å². The third-order valence-electron chi connectivity index (χ3n) is 2.62. The van der Waals surface area contributed by atoms with Crippen LogP contribution in [-0.4, -0.2) is 24.5 Å². The highest BCUT2D eigenvalue weighted by Gasteiger charge is 2.06. The Labute approximate surface area is 96.2 Å². The molecular weight excluding hydrogens is 182 g/mol. The van der Waals surface area contributed by atoms with E-state index in [1.165, 1.54) is 25.9 Å². The zero-order chi connectivity index (χ0) is 11.7. The van der Waals surface area contributed by atoms with E-state index >= 15 is 0 Å². The first-order chi connectivity index (χ1) is 7.06. The maximum Gasteiger partial charge on any atom is 0.0214 e. The third-order valence-corrected chi connectivity index (χ3v) is 2.62. The monoisotopic (exact) mass is 209 g/mol. The topological polar surface area (TPSA) is 3.24 Å². The molecule has 0 aliphatic heterocycles. The Morgan fingerprint density at radius 2 is 1.40 bits per heavy atom. The van der Waals surface area contributed by atoms with Crippen molar-refractivity contribution in [2.24, 2.45) is 11.8 Å². The second-order valence-electron chi connectivity index (χ2n) is 5.16.